The fraction of sp³-hybridized carbons (Fsp3) is 0.0667. The molecule has 0 fully saturated rings. The maximum Gasteiger partial charge on any atom is 0.0490 e. The number of nitrogens with two attached hydrogens (primary N) is 1. The van der Waals surface area contributed by atoms with Crippen LogP contribution < -0.4 is 5.73 Å². The number of aromatic nitrogens is 1. The SMILES string of the molecule is Nc1ccc2c(ccn2Cc2ccc(Br)cc2Cl)c1. The molecule has 0 bridgehead atoms. The highest BCUT2D eigenvalue weighted by molar-refractivity contribution is 9.10. The first-order chi connectivity index (χ1) is 9.13. The normalized spacial score (nSPS) is 11.1. The van der Waals surface area contributed by atoms with E-state index in [4.69, 9.17) is 17.3 Å². The Morgan fingerprint density at radius 1 is 1.11 bits per heavy atom. The largest absolute Gasteiger partial charge is 0.399 e. The minimum atomic E-state index is 0.750. The van der Waals surface area contributed by atoms with Gasteiger partial charge in [0.15, 0.2) is 0 Å². The average Bonchev–Trinajstić information content (AvgIpc) is 2.75. The van der Waals surface area contributed by atoms with Crippen LogP contribution >= 0.6 is 27.5 Å². The van der Waals surface area contributed by atoms with E-state index in [1.165, 1.54) is 0 Å². The molecule has 1 heterocycles. The third-order valence-electron chi connectivity index (χ3n) is 3.15. The van der Waals surface area contributed by atoms with Crippen molar-refractivity contribution in [1.29, 1.82) is 0 Å². The van der Waals surface area contributed by atoms with E-state index in [-0.39, 0.29) is 0 Å². The van der Waals surface area contributed by atoms with Crippen LogP contribution in [0.25, 0.3) is 10.9 Å². The minimum Gasteiger partial charge on any atom is -0.399 e. The molecule has 2 nitrogen and oxygen atoms in total. The maximum atomic E-state index is 6.26. The molecule has 3 aromatic rings. The van der Waals surface area contributed by atoms with E-state index >= 15 is 0 Å². The zero-order valence-electron chi connectivity index (χ0n) is 10.1. The van der Waals surface area contributed by atoms with E-state index in [1.807, 2.05) is 36.4 Å². The number of hydrogen-bond donors (Lipinski definition) is 1. The highest BCUT2D eigenvalue weighted by Crippen LogP contribution is 2.25. The second-order valence-corrected chi connectivity index (χ2v) is 5.82. The number of anilines is 1. The summed E-state index contributed by atoms with van der Waals surface area (Å²) in [4.78, 5) is 0. The molecule has 0 spiro atoms. The van der Waals surface area contributed by atoms with E-state index in [9.17, 15) is 0 Å². The van der Waals surface area contributed by atoms with E-state index in [1.54, 1.807) is 0 Å². The van der Waals surface area contributed by atoms with Crippen molar-refractivity contribution in [3.8, 4) is 0 Å². The third-order valence-corrected chi connectivity index (χ3v) is 4.00. The smallest absolute Gasteiger partial charge is 0.0490 e. The van der Waals surface area contributed by atoms with Crippen molar-refractivity contribution in [1.82, 2.24) is 4.57 Å². The van der Waals surface area contributed by atoms with Gasteiger partial charge in [0.2, 0.25) is 0 Å². The van der Waals surface area contributed by atoms with Crippen LogP contribution in [0, 0.1) is 0 Å². The van der Waals surface area contributed by atoms with Crippen LogP contribution in [0.3, 0.4) is 0 Å². The molecule has 0 aliphatic rings. The summed E-state index contributed by atoms with van der Waals surface area (Å²) in [5, 5.41) is 1.92. The molecule has 2 N–H and O–H groups in total. The van der Waals surface area contributed by atoms with Crippen molar-refractivity contribution in [2.45, 2.75) is 6.54 Å². The quantitative estimate of drug-likeness (QED) is 0.677. The highest BCUT2D eigenvalue weighted by atomic mass is 79.9. The first-order valence-corrected chi connectivity index (χ1v) is 7.09. The van der Waals surface area contributed by atoms with Gasteiger partial charge in [0, 0.05) is 38.8 Å². The summed E-state index contributed by atoms with van der Waals surface area (Å²) in [6.07, 6.45) is 2.06. The summed E-state index contributed by atoms with van der Waals surface area (Å²) >= 11 is 9.68. The molecule has 19 heavy (non-hydrogen) atoms. The van der Waals surface area contributed by atoms with Gasteiger partial charge in [-0.25, -0.2) is 0 Å². The van der Waals surface area contributed by atoms with Gasteiger partial charge in [0.1, 0.15) is 0 Å². The Morgan fingerprint density at radius 3 is 2.74 bits per heavy atom. The topological polar surface area (TPSA) is 30.9 Å². The van der Waals surface area contributed by atoms with Gasteiger partial charge in [-0.3, -0.25) is 0 Å². The van der Waals surface area contributed by atoms with Crippen LogP contribution in [0.2, 0.25) is 5.02 Å². The van der Waals surface area contributed by atoms with E-state index < -0.39 is 0 Å². The van der Waals surface area contributed by atoms with Crippen LogP contribution in [0.15, 0.2) is 53.1 Å². The molecule has 3 rings (SSSR count). The summed E-state index contributed by atoms with van der Waals surface area (Å²) in [6, 6.07) is 14.0. The Balaban J connectivity index is 2.01. The number of nitrogens with zero attached hydrogens (tertiary/aromatic N) is 1. The molecule has 0 amide bonds. The summed E-state index contributed by atoms with van der Waals surface area (Å²) in [7, 11) is 0. The second kappa shape index (κ2) is 4.91. The van der Waals surface area contributed by atoms with Crippen LogP contribution in [0.1, 0.15) is 5.56 Å². The van der Waals surface area contributed by atoms with Crippen molar-refractivity contribution >= 4 is 44.1 Å². The number of nitrogen functional groups attached to an aromatic ring is 1. The molecule has 0 aliphatic heterocycles. The zero-order valence-corrected chi connectivity index (χ0v) is 12.4. The fourth-order valence-corrected chi connectivity index (χ4v) is 2.92. The second-order valence-electron chi connectivity index (χ2n) is 4.50. The average molecular weight is 336 g/mol. The highest BCUT2D eigenvalue weighted by Gasteiger charge is 2.05. The van der Waals surface area contributed by atoms with Crippen molar-refractivity contribution in [2.24, 2.45) is 0 Å². The van der Waals surface area contributed by atoms with Crippen molar-refractivity contribution in [3.05, 3.63) is 63.7 Å². The van der Waals surface area contributed by atoms with E-state index in [2.05, 4.69) is 32.8 Å². The third kappa shape index (κ3) is 2.48. The monoisotopic (exact) mass is 334 g/mol. The molecule has 0 aliphatic carbocycles. The molecule has 0 saturated carbocycles. The van der Waals surface area contributed by atoms with E-state index in [0.29, 0.717) is 0 Å². The number of fused-ring (bicyclic) bond motifs is 1. The molecule has 0 saturated heterocycles. The number of benzene rings is 2. The van der Waals surface area contributed by atoms with Gasteiger partial charge in [0.05, 0.1) is 0 Å². The lowest BCUT2D eigenvalue weighted by molar-refractivity contribution is 0.837. The van der Waals surface area contributed by atoms with Crippen molar-refractivity contribution < 1.29 is 0 Å². The summed E-state index contributed by atoms with van der Waals surface area (Å²) in [6.45, 7) is 0.750. The van der Waals surface area contributed by atoms with Gasteiger partial charge in [-0.15, -0.1) is 0 Å². The van der Waals surface area contributed by atoms with Gasteiger partial charge in [-0.2, -0.15) is 0 Å². The van der Waals surface area contributed by atoms with Gasteiger partial charge >= 0.3 is 0 Å². The molecule has 0 atom stereocenters. The Morgan fingerprint density at radius 2 is 1.95 bits per heavy atom. The Labute approximate surface area is 124 Å². The summed E-state index contributed by atoms with van der Waals surface area (Å²) in [5.74, 6) is 0. The molecular formula is C15H12BrClN2. The molecule has 96 valence electrons. The van der Waals surface area contributed by atoms with E-state index in [0.717, 1.165) is 38.2 Å². The van der Waals surface area contributed by atoms with Crippen molar-refractivity contribution in [2.75, 3.05) is 5.73 Å². The maximum absolute atomic E-state index is 6.26. The first kappa shape index (κ1) is 12.6. The Kier molecular flexibility index (Phi) is 3.25. The summed E-state index contributed by atoms with van der Waals surface area (Å²) < 4.78 is 3.16. The van der Waals surface area contributed by atoms with Crippen molar-refractivity contribution in [3.63, 3.8) is 0 Å². The van der Waals surface area contributed by atoms with Gasteiger partial charge in [-0.1, -0.05) is 33.6 Å². The molecule has 1 aromatic heterocycles. The zero-order chi connectivity index (χ0) is 13.4. The lowest BCUT2D eigenvalue weighted by atomic mass is 10.2. The van der Waals surface area contributed by atoms with Crippen LogP contribution in [-0.2, 0) is 6.54 Å². The summed E-state index contributed by atoms with van der Waals surface area (Å²) in [5.41, 5.74) is 8.83. The molecule has 2 aromatic carbocycles. The lowest BCUT2D eigenvalue weighted by Gasteiger charge is -2.08. The van der Waals surface area contributed by atoms with Crippen LogP contribution in [0.5, 0.6) is 0 Å². The molecule has 4 heteroatoms. The molecule has 0 radical (unpaired) electrons. The van der Waals surface area contributed by atoms with Crippen LogP contribution in [-0.4, -0.2) is 4.57 Å². The van der Waals surface area contributed by atoms with Gasteiger partial charge in [-0.05, 0) is 42.0 Å². The fourth-order valence-electron chi connectivity index (χ4n) is 2.19. The standard InChI is InChI=1S/C15H12BrClN2/c16-12-2-1-11(14(17)8-12)9-19-6-5-10-7-13(18)3-4-15(10)19/h1-8H,9,18H2. The Hall–Kier alpha value is -1.45. The molecule has 0 unspecified atom stereocenters. The Bertz CT molecular complexity index is 749. The van der Waals surface area contributed by atoms with Gasteiger partial charge in [0.25, 0.3) is 0 Å². The first-order valence-electron chi connectivity index (χ1n) is 5.92. The predicted octanol–water partition coefficient (Wildman–Crippen LogP) is 4.69. The number of halogens is 2. The van der Waals surface area contributed by atoms with Crippen LogP contribution in [0.4, 0.5) is 5.69 Å². The van der Waals surface area contributed by atoms with Gasteiger partial charge < -0.3 is 10.3 Å². The lowest BCUT2D eigenvalue weighted by Crippen LogP contribution is -1.98. The number of hydrogen-bond acceptors (Lipinski definition) is 1. The predicted molar refractivity (Wildman–Crippen MR) is 84.6 cm³/mol. The number of rotatable bonds is 2. The molecular weight excluding hydrogens is 324 g/mol. The minimum absolute atomic E-state index is 0.750.